The number of hydrogen-bond donors (Lipinski definition) is 0. The third kappa shape index (κ3) is 4.15. The second-order valence-electron chi connectivity index (χ2n) is 7.51. The first kappa shape index (κ1) is 21.1. The highest BCUT2D eigenvalue weighted by Gasteiger charge is 2.16. The minimum absolute atomic E-state index is 0.0307. The Balaban J connectivity index is 1.64. The molecule has 0 aliphatic heterocycles. The lowest BCUT2D eigenvalue weighted by Crippen LogP contribution is -2.00. The molecule has 0 radical (unpaired) electrons. The second kappa shape index (κ2) is 9.00. The van der Waals surface area contributed by atoms with E-state index in [1.807, 2.05) is 60.7 Å². The molecular weight excluding hydrogens is 430 g/mol. The molecule has 0 saturated carbocycles. The molecule has 0 fully saturated rings. The zero-order valence-corrected chi connectivity index (χ0v) is 17.8. The van der Waals surface area contributed by atoms with E-state index < -0.39 is 11.6 Å². The first-order valence-corrected chi connectivity index (χ1v) is 10.5. The van der Waals surface area contributed by atoms with Crippen molar-refractivity contribution in [2.75, 3.05) is 0 Å². The third-order valence-electron chi connectivity index (χ3n) is 5.30. The molecule has 0 amide bonds. The van der Waals surface area contributed by atoms with Crippen molar-refractivity contribution in [3.8, 4) is 45.3 Å². The average molecular weight is 446 g/mol. The van der Waals surface area contributed by atoms with E-state index in [1.165, 1.54) is 30.3 Å². The molecule has 1 aromatic heterocycles. The molecule has 0 aliphatic carbocycles. The van der Waals surface area contributed by atoms with E-state index in [0.717, 1.165) is 11.1 Å². The summed E-state index contributed by atoms with van der Waals surface area (Å²) in [6.07, 6.45) is 0. The summed E-state index contributed by atoms with van der Waals surface area (Å²) in [5.41, 5.74) is 2.37. The van der Waals surface area contributed by atoms with Crippen LogP contribution in [0.2, 0.25) is 0 Å². The molecule has 0 saturated heterocycles. The first-order valence-electron chi connectivity index (χ1n) is 10.5. The van der Waals surface area contributed by atoms with Crippen LogP contribution in [0.1, 0.15) is 0 Å². The van der Waals surface area contributed by atoms with Gasteiger partial charge in [-0.1, -0.05) is 78.9 Å². The fraction of sp³-hybridized carbons (Fsp3) is 0. The molecule has 4 aromatic carbocycles. The molecule has 4 nitrogen and oxygen atoms in total. The SMILES string of the molecule is [C-]#[N+]c1ccc(F)c(-c2ccc(-c3nc(-c4ccccc4)nc(-c4ccccc4)n3)cc2F)c1. The Morgan fingerprint density at radius 1 is 0.529 bits per heavy atom. The van der Waals surface area contributed by atoms with Gasteiger partial charge in [-0.25, -0.2) is 28.6 Å². The number of benzene rings is 4. The molecule has 0 unspecified atom stereocenters. The molecule has 5 aromatic rings. The van der Waals surface area contributed by atoms with Crippen LogP contribution in [0.15, 0.2) is 97.1 Å². The fourth-order valence-electron chi connectivity index (χ4n) is 3.60. The van der Waals surface area contributed by atoms with Crippen molar-refractivity contribution in [2.45, 2.75) is 0 Å². The molecular formula is C28H16F2N4. The lowest BCUT2D eigenvalue weighted by Gasteiger charge is -2.10. The van der Waals surface area contributed by atoms with Crippen LogP contribution in [0.4, 0.5) is 14.5 Å². The van der Waals surface area contributed by atoms with Gasteiger partial charge in [0.15, 0.2) is 23.2 Å². The van der Waals surface area contributed by atoms with Gasteiger partial charge in [0.2, 0.25) is 0 Å². The standard InChI is InChI=1S/C28H16F2N4/c1-31-21-13-15-24(29)23(17-21)22-14-12-20(16-25(22)30)28-33-26(18-8-4-2-5-9-18)32-27(34-28)19-10-6-3-7-11-19/h2-17H. The number of halogens is 2. The Bertz CT molecular complexity index is 1470. The zero-order valence-electron chi connectivity index (χ0n) is 17.8. The molecule has 5 rings (SSSR count). The van der Waals surface area contributed by atoms with Crippen molar-refractivity contribution in [1.82, 2.24) is 15.0 Å². The van der Waals surface area contributed by atoms with Gasteiger partial charge in [-0.15, -0.1) is 0 Å². The van der Waals surface area contributed by atoms with Gasteiger partial charge in [0, 0.05) is 27.8 Å². The quantitative estimate of drug-likeness (QED) is 0.271. The van der Waals surface area contributed by atoms with Gasteiger partial charge in [-0.2, -0.15) is 0 Å². The van der Waals surface area contributed by atoms with E-state index in [-0.39, 0.29) is 16.8 Å². The van der Waals surface area contributed by atoms with Gasteiger partial charge in [0.05, 0.1) is 6.57 Å². The maximum atomic E-state index is 15.2. The van der Waals surface area contributed by atoms with E-state index in [0.29, 0.717) is 23.0 Å². The molecule has 6 heteroatoms. The largest absolute Gasteiger partial charge is 0.238 e. The van der Waals surface area contributed by atoms with Gasteiger partial charge >= 0.3 is 0 Å². The lowest BCUT2D eigenvalue weighted by molar-refractivity contribution is 0.616. The van der Waals surface area contributed by atoms with Gasteiger partial charge in [-0.05, 0) is 18.2 Å². The average Bonchev–Trinajstić information content (AvgIpc) is 2.90. The molecule has 0 bridgehead atoms. The third-order valence-corrected chi connectivity index (χ3v) is 5.30. The van der Waals surface area contributed by atoms with E-state index in [1.54, 1.807) is 6.07 Å². The molecule has 0 spiro atoms. The minimum Gasteiger partial charge on any atom is -0.238 e. The summed E-state index contributed by atoms with van der Waals surface area (Å²) >= 11 is 0. The predicted octanol–water partition coefficient (Wildman–Crippen LogP) is 7.37. The Labute approximate surface area is 195 Å². The van der Waals surface area contributed by atoms with Crippen LogP contribution in [0, 0.1) is 18.2 Å². The molecule has 1 heterocycles. The number of hydrogen-bond acceptors (Lipinski definition) is 3. The Hall–Kier alpha value is -4.76. The fourth-order valence-corrected chi connectivity index (χ4v) is 3.60. The number of aromatic nitrogens is 3. The molecule has 0 atom stereocenters. The van der Waals surface area contributed by atoms with Crippen LogP contribution in [-0.2, 0) is 0 Å². The molecule has 34 heavy (non-hydrogen) atoms. The molecule has 0 N–H and O–H groups in total. The summed E-state index contributed by atoms with van der Waals surface area (Å²) in [5, 5.41) is 0. The maximum Gasteiger partial charge on any atom is 0.188 e. The number of nitrogens with zero attached hydrogens (tertiary/aromatic N) is 4. The summed E-state index contributed by atoms with van der Waals surface area (Å²) in [7, 11) is 0. The van der Waals surface area contributed by atoms with Crippen molar-refractivity contribution in [2.24, 2.45) is 0 Å². The number of rotatable bonds is 4. The van der Waals surface area contributed by atoms with Crippen molar-refractivity contribution in [3.05, 3.63) is 120 Å². The Morgan fingerprint density at radius 3 is 1.62 bits per heavy atom. The summed E-state index contributed by atoms with van der Waals surface area (Å²) in [4.78, 5) is 17.1. The lowest BCUT2D eigenvalue weighted by atomic mass is 10.0. The first-order chi connectivity index (χ1) is 16.6. The van der Waals surface area contributed by atoms with Crippen LogP contribution in [0.25, 0.3) is 50.1 Å². The van der Waals surface area contributed by atoms with Crippen molar-refractivity contribution < 1.29 is 8.78 Å². The Kier molecular flexibility index (Phi) is 5.59. The van der Waals surface area contributed by atoms with E-state index >= 15 is 4.39 Å². The highest BCUT2D eigenvalue weighted by atomic mass is 19.1. The highest BCUT2D eigenvalue weighted by Crippen LogP contribution is 2.32. The van der Waals surface area contributed by atoms with Gasteiger partial charge < -0.3 is 0 Å². The second-order valence-corrected chi connectivity index (χ2v) is 7.51. The predicted molar refractivity (Wildman–Crippen MR) is 128 cm³/mol. The van der Waals surface area contributed by atoms with E-state index in [4.69, 9.17) is 6.57 Å². The monoisotopic (exact) mass is 446 g/mol. The van der Waals surface area contributed by atoms with Crippen molar-refractivity contribution in [3.63, 3.8) is 0 Å². The normalized spacial score (nSPS) is 10.6. The molecule has 0 aliphatic rings. The Morgan fingerprint density at radius 2 is 1.09 bits per heavy atom. The topological polar surface area (TPSA) is 43.0 Å². The van der Waals surface area contributed by atoms with E-state index in [2.05, 4.69) is 19.8 Å². The summed E-state index contributed by atoms with van der Waals surface area (Å²) < 4.78 is 29.5. The van der Waals surface area contributed by atoms with Gasteiger partial charge in [-0.3, -0.25) is 0 Å². The summed E-state index contributed by atoms with van der Waals surface area (Å²) in [5.74, 6) is -0.0126. The van der Waals surface area contributed by atoms with Crippen LogP contribution >= 0.6 is 0 Å². The van der Waals surface area contributed by atoms with Crippen LogP contribution in [0.5, 0.6) is 0 Å². The smallest absolute Gasteiger partial charge is 0.188 e. The van der Waals surface area contributed by atoms with E-state index in [9.17, 15) is 4.39 Å². The minimum atomic E-state index is -0.638. The molecule has 162 valence electrons. The summed E-state index contributed by atoms with van der Waals surface area (Å²) in [6.45, 7) is 7.14. The van der Waals surface area contributed by atoms with Crippen LogP contribution < -0.4 is 0 Å². The maximum absolute atomic E-state index is 15.2. The van der Waals surface area contributed by atoms with Gasteiger partial charge in [0.25, 0.3) is 0 Å². The zero-order chi connectivity index (χ0) is 23.5. The van der Waals surface area contributed by atoms with Crippen LogP contribution in [-0.4, -0.2) is 15.0 Å². The summed E-state index contributed by atoms with van der Waals surface area (Å²) in [6, 6.07) is 27.2. The van der Waals surface area contributed by atoms with Gasteiger partial charge in [0.1, 0.15) is 11.6 Å². The van der Waals surface area contributed by atoms with Crippen molar-refractivity contribution in [1.29, 1.82) is 0 Å². The van der Waals surface area contributed by atoms with Crippen molar-refractivity contribution >= 4 is 5.69 Å². The highest BCUT2D eigenvalue weighted by molar-refractivity contribution is 5.73. The van der Waals surface area contributed by atoms with Crippen LogP contribution in [0.3, 0.4) is 0 Å².